The fourth-order valence-corrected chi connectivity index (χ4v) is 2.55. The Morgan fingerprint density at radius 3 is 2.95 bits per heavy atom. The van der Waals surface area contributed by atoms with Crippen molar-refractivity contribution >= 4 is 17.2 Å². The van der Waals surface area contributed by atoms with E-state index in [2.05, 4.69) is 10.3 Å². The Labute approximate surface area is 134 Å². The van der Waals surface area contributed by atoms with Crippen molar-refractivity contribution in [3.63, 3.8) is 0 Å². The van der Waals surface area contributed by atoms with E-state index < -0.39 is 0 Å². The zero-order valence-corrected chi connectivity index (χ0v) is 13.9. The Bertz CT molecular complexity index is 627. The molecular weight excluding hydrogens is 298 g/mol. The second-order valence-corrected chi connectivity index (χ2v) is 6.07. The van der Waals surface area contributed by atoms with Crippen LogP contribution in [0.5, 0.6) is 5.75 Å². The molecule has 118 valence electrons. The van der Waals surface area contributed by atoms with E-state index in [1.54, 1.807) is 35.4 Å². The third-order valence-corrected chi connectivity index (χ3v) is 4.00. The molecule has 1 aromatic carbocycles. The molecule has 0 bridgehead atoms. The van der Waals surface area contributed by atoms with Gasteiger partial charge in [-0.3, -0.25) is 4.79 Å². The minimum absolute atomic E-state index is 0.00907. The van der Waals surface area contributed by atoms with Gasteiger partial charge >= 0.3 is 0 Å². The van der Waals surface area contributed by atoms with Crippen molar-refractivity contribution in [1.29, 1.82) is 0 Å². The van der Waals surface area contributed by atoms with Gasteiger partial charge in [-0.05, 0) is 32.2 Å². The van der Waals surface area contributed by atoms with Gasteiger partial charge < -0.3 is 15.0 Å². The number of carbonyl (C=O) groups is 1. The number of hydrogen-bond acceptors (Lipinski definition) is 5. The number of carbonyl (C=O) groups excluding carboxylic acids is 1. The first-order valence-electron chi connectivity index (χ1n) is 7.14. The molecule has 0 aliphatic carbocycles. The van der Waals surface area contributed by atoms with Crippen molar-refractivity contribution in [2.24, 2.45) is 0 Å². The third-order valence-electron chi connectivity index (χ3n) is 3.18. The average molecular weight is 319 g/mol. The van der Waals surface area contributed by atoms with Gasteiger partial charge in [0.25, 0.3) is 5.91 Å². The Morgan fingerprint density at radius 2 is 2.27 bits per heavy atom. The Morgan fingerprint density at radius 1 is 1.45 bits per heavy atom. The third kappa shape index (κ3) is 4.54. The largest absolute Gasteiger partial charge is 0.487 e. The number of nitrogens with zero attached hydrogens (tertiary/aromatic N) is 2. The molecule has 2 rings (SSSR count). The van der Waals surface area contributed by atoms with Gasteiger partial charge in [0, 0.05) is 31.1 Å². The number of aromatic nitrogens is 1. The zero-order valence-electron chi connectivity index (χ0n) is 13.1. The number of amides is 1. The molecule has 6 heteroatoms. The van der Waals surface area contributed by atoms with E-state index in [0.717, 1.165) is 17.2 Å². The van der Waals surface area contributed by atoms with Crippen molar-refractivity contribution < 1.29 is 9.53 Å². The SMILES string of the molecule is CNCCN(C)C(=O)c1cccc(OCc2csc(C)n2)c1. The van der Waals surface area contributed by atoms with Crippen LogP contribution in [0.1, 0.15) is 21.1 Å². The molecular formula is C16H21N3O2S. The van der Waals surface area contributed by atoms with E-state index in [4.69, 9.17) is 4.74 Å². The molecule has 0 radical (unpaired) electrons. The minimum atomic E-state index is -0.00907. The average Bonchev–Trinajstić information content (AvgIpc) is 2.95. The summed E-state index contributed by atoms with van der Waals surface area (Å²) in [6.07, 6.45) is 0. The van der Waals surface area contributed by atoms with Crippen LogP contribution >= 0.6 is 11.3 Å². The van der Waals surface area contributed by atoms with E-state index in [9.17, 15) is 4.79 Å². The van der Waals surface area contributed by atoms with Gasteiger partial charge in [0.2, 0.25) is 0 Å². The van der Waals surface area contributed by atoms with Gasteiger partial charge in [-0.15, -0.1) is 11.3 Å². The summed E-state index contributed by atoms with van der Waals surface area (Å²) in [4.78, 5) is 18.4. The van der Waals surface area contributed by atoms with Gasteiger partial charge in [-0.1, -0.05) is 6.07 Å². The van der Waals surface area contributed by atoms with Crippen LogP contribution in [0.25, 0.3) is 0 Å². The number of rotatable bonds is 7. The highest BCUT2D eigenvalue weighted by Gasteiger charge is 2.12. The molecule has 0 aliphatic heterocycles. The molecule has 1 amide bonds. The number of nitrogens with one attached hydrogen (secondary N) is 1. The van der Waals surface area contributed by atoms with Crippen LogP contribution in [0, 0.1) is 6.92 Å². The summed E-state index contributed by atoms with van der Waals surface area (Å²) in [6.45, 7) is 3.81. The van der Waals surface area contributed by atoms with Gasteiger partial charge in [-0.25, -0.2) is 4.98 Å². The first kappa shape index (κ1) is 16.5. The standard InChI is InChI=1S/C16H21N3O2S/c1-12-18-14(11-22-12)10-21-15-6-4-5-13(9-15)16(20)19(3)8-7-17-2/h4-6,9,11,17H,7-8,10H2,1-3H3. The van der Waals surface area contributed by atoms with Gasteiger partial charge in [0.15, 0.2) is 0 Å². The van der Waals surface area contributed by atoms with Crippen LogP contribution in [-0.2, 0) is 6.61 Å². The molecule has 22 heavy (non-hydrogen) atoms. The molecule has 1 heterocycles. The van der Waals surface area contributed by atoms with Crippen molar-refractivity contribution in [3.05, 3.63) is 45.9 Å². The lowest BCUT2D eigenvalue weighted by Crippen LogP contribution is -2.32. The van der Waals surface area contributed by atoms with Crippen LogP contribution in [0.3, 0.4) is 0 Å². The van der Waals surface area contributed by atoms with Crippen LogP contribution in [0.2, 0.25) is 0 Å². The number of hydrogen-bond donors (Lipinski definition) is 1. The van der Waals surface area contributed by atoms with Crippen molar-refractivity contribution in [2.75, 3.05) is 27.2 Å². The van der Waals surface area contributed by atoms with E-state index in [1.807, 2.05) is 31.5 Å². The number of thiazole rings is 1. The summed E-state index contributed by atoms with van der Waals surface area (Å²) in [7, 11) is 3.66. The maximum atomic E-state index is 12.3. The molecule has 0 atom stereocenters. The summed E-state index contributed by atoms with van der Waals surface area (Å²) >= 11 is 1.60. The molecule has 0 spiro atoms. The van der Waals surface area contributed by atoms with Crippen LogP contribution in [-0.4, -0.2) is 43.0 Å². The molecule has 0 saturated carbocycles. The molecule has 0 unspecified atom stereocenters. The van der Waals surface area contributed by atoms with E-state index >= 15 is 0 Å². The maximum Gasteiger partial charge on any atom is 0.253 e. The minimum Gasteiger partial charge on any atom is -0.487 e. The van der Waals surface area contributed by atoms with Crippen LogP contribution in [0.4, 0.5) is 0 Å². The summed E-state index contributed by atoms with van der Waals surface area (Å²) in [5, 5.41) is 6.04. The summed E-state index contributed by atoms with van der Waals surface area (Å²) in [5.74, 6) is 0.670. The normalized spacial score (nSPS) is 10.5. The topological polar surface area (TPSA) is 54.5 Å². The first-order chi connectivity index (χ1) is 10.6. The fourth-order valence-electron chi connectivity index (χ4n) is 1.95. The highest BCUT2D eigenvalue weighted by atomic mass is 32.1. The van der Waals surface area contributed by atoms with E-state index in [0.29, 0.717) is 24.5 Å². The maximum absolute atomic E-state index is 12.3. The number of likely N-dealkylation sites (N-methyl/N-ethyl adjacent to an activating group) is 2. The fraction of sp³-hybridized carbons (Fsp3) is 0.375. The summed E-state index contributed by atoms with van der Waals surface area (Å²) in [6, 6.07) is 7.26. The lowest BCUT2D eigenvalue weighted by atomic mass is 10.2. The molecule has 1 aromatic heterocycles. The molecule has 0 saturated heterocycles. The predicted molar refractivity (Wildman–Crippen MR) is 88.5 cm³/mol. The van der Waals surface area contributed by atoms with E-state index in [-0.39, 0.29) is 5.91 Å². The lowest BCUT2D eigenvalue weighted by Gasteiger charge is -2.17. The quantitative estimate of drug-likeness (QED) is 0.851. The monoisotopic (exact) mass is 319 g/mol. The second-order valence-electron chi connectivity index (χ2n) is 5.00. The molecule has 0 aliphatic rings. The first-order valence-corrected chi connectivity index (χ1v) is 8.02. The molecule has 1 N–H and O–H groups in total. The van der Waals surface area contributed by atoms with Crippen molar-refractivity contribution in [3.8, 4) is 5.75 Å². The Kier molecular flexibility index (Phi) is 5.91. The van der Waals surface area contributed by atoms with Crippen molar-refractivity contribution in [1.82, 2.24) is 15.2 Å². The Hall–Kier alpha value is -1.92. The highest BCUT2D eigenvalue weighted by molar-refractivity contribution is 7.09. The van der Waals surface area contributed by atoms with Crippen LogP contribution < -0.4 is 10.1 Å². The summed E-state index contributed by atoms with van der Waals surface area (Å²) < 4.78 is 5.72. The number of benzene rings is 1. The van der Waals surface area contributed by atoms with Crippen LogP contribution in [0.15, 0.2) is 29.6 Å². The lowest BCUT2D eigenvalue weighted by molar-refractivity contribution is 0.0796. The predicted octanol–water partition coefficient (Wildman–Crippen LogP) is 2.32. The zero-order chi connectivity index (χ0) is 15.9. The molecule has 2 aromatic rings. The smallest absolute Gasteiger partial charge is 0.253 e. The number of ether oxygens (including phenoxy) is 1. The second kappa shape index (κ2) is 7.91. The number of aryl methyl sites for hydroxylation is 1. The molecule has 5 nitrogen and oxygen atoms in total. The van der Waals surface area contributed by atoms with Gasteiger partial charge in [0.05, 0.1) is 10.7 Å². The highest BCUT2D eigenvalue weighted by Crippen LogP contribution is 2.17. The van der Waals surface area contributed by atoms with E-state index in [1.165, 1.54) is 0 Å². The van der Waals surface area contributed by atoms with Crippen molar-refractivity contribution in [2.45, 2.75) is 13.5 Å². The molecule has 0 fully saturated rings. The Balaban J connectivity index is 1.98. The summed E-state index contributed by atoms with van der Waals surface area (Å²) in [5.41, 5.74) is 1.54. The van der Waals surface area contributed by atoms with Gasteiger partial charge in [0.1, 0.15) is 12.4 Å². The van der Waals surface area contributed by atoms with Gasteiger partial charge in [-0.2, -0.15) is 0 Å².